The lowest BCUT2D eigenvalue weighted by Crippen LogP contribution is -2.14. The number of para-hydroxylation sites is 1. The summed E-state index contributed by atoms with van der Waals surface area (Å²) in [6.07, 6.45) is 0. The Morgan fingerprint density at radius 1 is 1.09 bits per heavy atom. The van der Waals surface area contributed by atoms with E-state index in [1.54, 1.807) is 0 Å². The summed E-state index contributed by atoms with van der Waals surface area (Å²) >= 11 is 0. The highest BCUT2D eigenvalue weighted by Crippen LogP contribution is 2.24. The largest absolute Gasteiger partial charge is 0.322 e. The fourth-order valence-electron chi connectivity index (χ4n) is 2.74. The Morgan fingerprint density at radius 3 is 2.59 bits per heavy atom. The van der Waals surface area contributed by atoms with Crippen LogP contribution in [0.1, 0.15) is 46.8 Å². The van der Waals surface area contributed by atoms with Crippen LogP contribution in [0.2, 0.25) is 0 Å². The maximum Gasteiger partial charge on any atom is 0.255 e. The minimum absolute atomic E-state index is 0. The first-order valence-electron chi connectivity index (χ1n) is 7.38. The number of halogens is 1. The average Bonchev–Trinajstić information content (AvgIpc) is 2.94. The third-order valence-corrected chi connectivity index (χ3v) is 3.93. The summed E-state index contributed by atoms with van der Waals surface area (Å²) in [5, 5.41) is 6.34. The van der Waals surface area contributed by atoms with Gasteiger partial charge in [-0.15, -0.1) is 12.4 Å². The van der Waals surface area contributed by atoms with Gasteiger partial charge in [0.2, 0.25) is 0 Å². The van der Waals surface area contributed by atoms with E-state index in [9.17, 15) is 4.79 Å². The summed E-state index contributed by atoms with van der Waals surface area (Å²) in [4.78, 5) is 12.5. The van der Waals surface area contributed by atoms with E-state index in [1.807, 2.05) is 36.4 Å². The Morgan fingerprint density at radius 2 is 1.82 bits per heavy atom. The van der Waals surface area contributed by atoms with Crippen LogP contribution >= 0.6 is 12.4 Å². The van der Waals surface area contributed by atoms with E-state index in [1.165, 1.54) is 11.1 Å². The van der Waals surface area contributed by atoms with Crippen LogP contribution in [0, 0.1) is 0 Å². The topological polar surface area (TPSA) is 41.1 Å². The number of fused-ring (bicyclic) bond motifs is 1. The number of rotatable bonds is 3. The summed E-state index contributed by atoms with van der Waals surface area (Å²) in [7, 11) is 0. The van der Waals surface area contributed by atoms with Crippen molar-refractivity contribution < 1.29 is 4.79 Å². The Kier molecular flexibility index (Phi) is 5.22. The number of amides is 1. The molecule has 0 saturated heterocycles. The van der Waals surface area contributed by atoms with Crippen molar-refractivity contribution in [3.8, 4) is 0 Å². The second kappa shape index (κ2) is 6.95. The Bertz CT molecular complexity index is 683. The average molecular weight is 317 g/mol. The Balaban J connectivity index is 0.00000176. The van der Waals surface area contributed by atoms with Crippen molar-refractivity contribution in [2.45, 2.75) is 32.9 Å². The standard InChI is InChI=1S/C18H20N2O.ClH/c1-12(2)16-5-3-4-6-17(16)20-18(21)13-7-8-14-10-19-11-15(14)9-13;/h3-9,12,19H,10-11H2,1-2H3,(H,20,21);1H. The third kappa shape index (κ3) is 3.32. The zero-order valence-electron chi connectivity index (χ0n) is 12.8. The van der Waals surface area contributed by atoms with E-state index in [0.717, 1.165) is 29.9 Å². The molecule has 0 fully saturated rings. The van der Waals surface area contributed by atoms with E-state index in [0.29, 0.717) is 5.92 Å². The highest BCUT2D eigenvalue weighted by atomic mass is 35.5. The van der Waals surface area contributed by atoms with Gasteiger partial charge in [-0.05, 0) is 40.8 Å². The molecule has 1 aliphatic heterocycles. The molecule has 3 rings (SSSR count). The van der Waals surface area contributed by atoms with Crippen LogP contribution in [-0.2, 0) is 13.1 Å². The molecule has 0 unspecified atom stereocenters. The van der Waals surface area contributed by atoms with Gasteiger partial charge in [-0.2, -0.15) is 0 Å². The van der Waals surface area contributed by atoms with Crippen LogP contribution in [0.4, 0.5) is 5.69 Å². The first-order chi connectivity index (χ1) is 10.1. The van der Waals surface area contributed by atoms with Crippen molar-refractivity contribution in [3.05, 3.63) is 64.7 Å². The third-order valence-electron chi connectivity index (χ3n) is 3.93. The molecule has 0 aliphatic carbocycles. The Labute approximate surface area is 137 Å². The van der Waals surface area contributed by atoms with Crippen molar-refractivity contribution in [2.24, 2.45) is 0 Å². The van der Waals surface area contributed by atoms with E-state index < -0.39 is 0 Å². The number of hydrogen-bond donors (Lipinski definition) is 2. The molecule has 0 aromatic heterocycles. The molecular weight excluding hydrogens is 296 g/mol. The van der Waals surface area contributed by atoms with Crippen LogP contribution in [0.15, 0.2) is 42.5 Å². The van der Waals surface area contributed by atoms with Gasteiger partial charge in [0.25, 0.3) is 5.91 Å². The van der Waals surface area contributed by atoms with Crippen molar-refractivity contribution in [1.82, 2.24) is 5.32 Å². The van der Waals surface area contributed by atoms with E-state index in [-0.39, 0.29) is 18.3 Å². The quantitative estimate of drug-likeness (QED) is 0.895. The minimum Gasteiger partial charge on any atom is -0.322 e. The van der Waals surface area contributed by atoms with Gasteiger partial charge in [0.15, 0.2) is 0 Å². The van der Waals surface area contributed by atoms with Gasteiger partial charge in [-0.3, -0.25) is 4.79 Å². The van der Waals surface area contributed by atoms with Gasteiger partial charge in [0.05, 0.1) is 0 Å². The van der Waals surface area contributed by atoms with Crippen LogP contribution in [-0.4, -0.2) is 5.91 Å². The fourth-order valence-corrected chi connectivity index (χ4v) is 2.74. The molecule has 116 valence electrons. The number of nitrogens with one attached hydrogen (secondary N) is 2. The lowest BCUT2D eigenvalue weighted by Gasteiger charge is -2.14. The SMILES string of the molecule is CC(C)c1ccccc1NC(=O)c1ccc2c(c1)CNC2.Cl. The predicted octanol–water partition coefficient (Wildman–Crippen LogP) is 4.09. The zero-order chi connectivity index (χ0) is 14.8. The molecule has 4 heteroatoms. The molecule has 1 heterocycles. The number of benzene rings is 2. The molecule has 1 amide bonds. The van der Waals surface area contributed by atoms with Gasteiger partial charge in [-0.1, -0.05) is 38.1 Å². The lowest BCUT2D eigenvalue weighted by molar-refractivity contribution is 0.102. The first kappa shape index (κ1) is 16.5. The molecule has 1 aliphatic rings. The summed E-state index contributed by atoms with van der Waals surface area (Å²) in [5.74, 6) is 0.337. The monoisotopic (exact) mass is 316 g/mol. The van der Waals surface area contributed by atoms with Crippen molar-refractivity contribution in [3.63, 3.8) is 0 Å². The van der Waals surface area contributed by atoms with Gasteiger partial charge in [-0.25, -0.2) is 0 Å². The molecule has 22 heavy (non-hydrogen) atoms. The van der Waals surface area contributed by atoms with Gasteiger partial charge < -0.3 is 10.6 Å². The van der Waals surface area contributed by atoms with Crippen LogP contribution in [0.25, 0.3) is 0 Å². The Hall–Kier alpha value is -1.84. The summed E-state index contributed by atoms with van der Waals surface area (Å²) < 4.78 is 0. The molecule has 3 nitrogen and oxygen atoms in total. The zero-order valence-corrected chi connectivity index (χ0v) is 13.7. The highest BCUT2D eigenvalue weighted by molar-refractivity contribution is 6.04. The van der Waals surface area contributed by atoms with Crippen molar-refractivity contribution >= 4 is 24.0 Å². The molecule has 0 bridgehead atoms. The van der Waals surface area contributed by atoms with E-state index in [4.69, 9.17) is 0 Å². The number of anilines is 1. The summed E-state index contributed by atoms with van der Waals surface area (Å²) in [6, 6.07) is 13.9. The molecule has 0 radical (unpaired) electrons. The molecule has 0 spiro atoms. The number of carbonyl (C=O) groups excluding carboxylic acids is 1. The smallest absolute Gasteiger partial charge is 0.255 e. The number of carbonyl (C=O) groups is 1. The second-order valence-electron chi connectivity index (χ2n) is 5.78. The highest BCUT2D eigenvalue weighted by Gasteiger charge is 2.15. The van der Waals surface area contributed by atoms with Crippen LogP contribution in [0.3, 0.4) is 0 Å². The van der Waals surface area contributed by atoms with Crippen LogP contribution < -0.4 is 10.6 Å². The number of hydrogen-bond acceptors (Lipinski definition) is 2. The van der Waals surface area contributed by atoms with Gasteiger partial charge in [0.1, 0.15) is 0 Å². The van der Waals surface area contributed by atoms with Gasteiger partial charge >= 0.3 is 0 Å². The first-order valence-corrected chi connectivity index (χ1v) is 7.38. The normalized spacial score (nSPS) is 12.7. The maximum atomic E-state index is 12.5. The molecule has 2 N–H and O–H groups in total. The van der Waals surface area contributed by atoms with E-state index in [2.05, 4.69) is 30.5 Å². The summed E-state index contributed by atoms with van der Waals surface area (Å²) in [5.41, 5.74) is 5.29. The molecule has 0 saturated carbocycles. The van der Waals surface area contributed by atoms with E-state index >= 15 is 0 Å². The van der Waals surface area contributed by atoms with Gasteiger partial charge in [0, 0.05) is 24.3 Å². The lowest BCUT2D eigenvalue weighted by atomic mass is 10.0. The fraction of sp³-hybridized carbons (Fsp3) is 0.278. The minimum atomic E-state index is -0.0437. The molecule has 0 atom stereocenters. The molecule has 2 aromatic rings. The molecular formula is C18H21ClN2O. The summed E-state index contributed by atoms with van der Waals surface area (Å²) in [6.45, 7) is 6.00. The second-order valence-corrected chi connectivity index (χ2v) is 5.78. The maximum absolute atomic E-state index is 12.5. The molecule has 2 aromatic carbocycles. The predicted molar refractivity (Wildman–Crippen MR) is 92.7 cm³/mol. The van der Waals surface area contributed by atoms with Crippen LogP contribution in [0.5, 0.6) is 0 Å². The van der Waals surface area contributed by atoms with Crippen molar-refractivity contribution in [1.29, 1.82) is 0 Å². The van der Waals surface area contributed by atoms with Crippen molar-refractivity contribution in [2.75, 3.05) is 5.32 Å².